The SMILES string of the molecule is CC(C)(C)OC(=O)N1Cc2cc(S(C)(=O)=O)ccc2C1C(=O)Nc1ccc(C(C)(C#N)C(F)(F)F)cc1. The molecule has 3 rings (SSSR count). The van der Waals surface area contributed by atoms with Gasteiger partial charge in [-0.2, -0.15) is 18.4 Å². The van der Waals surface area contributed by atoms with Crippen LogP contribution in [0.5, 0.6) is 0 Å². The van der Waals surface area contributed by atoms with Crippen molar-refractivity contribution in [1.29, 1.82) is 5.26 Å². The number of nitriles is 1. The number of carbonyl (C=O) groups is 2. The van der Waals surface area contributed by atoms with Crippen LogP contribution in [0.15, 0.2) is 47.4 Å². The Morgan fingerprint density at radius 3 is 2.16 bits per heavy atom. The summed E-state index contributed by atoms with van der Waals surface area (Å²) in [4.78, 5) is 27.4. The Morgan fingerprint density at radius 2 is 1.68 bits per heavy atom. The first-order valence-electron chi connectivity index (χ1n) is 11.1. The van der Waals surface area contributed by atoms with Gasteiger partial charge in [-0.25, -0.2) is 13.2 Å². The van der Waals surface area contributed by atoms with Crippen LogP contribution in [-0.2, 0) is 31.3 Å². The maximum absolute atomic E-state index is 13.4. The number of hydrogen-bond donors (Lipinski definition) is 1. The molecule has 0 radical (unpaired) electrons. The van der Waals surface area contributed by atoms with Gasteiger partial charge in [-0.3, -0.25) is 9.69 Å². The molecule has 2 atom stereocenters. The minimum atomic E-state index is -4.81. The van der Waals surface area contributed by atoms with Crippen molar-refractivity contribution in [2.24, 2.45) is 0 Å². The summed E-state index contributed by atoms with van der Waals surface area (Å²) in [6.07, 6.45) is -4.56. The summed E-state index contributed by atoms with van der Waals surface area (Å²) in [7, 11) is -3.54. The maximum atomic E-state index is 13.4. The molecule has 0 fully saturated rings. The molecule has 0 spiro atoms. The molecule has 1 aliphatic heterocycles. The number of fused-ring (bicyclic) bond motifs is 1. The molecule has 12 heteroatoms. The lowest BCUT2D eigenvalue weighted by molar-refractivity contribution is -0.168. The van der Waals surface area contributed by atoms with Gasteiger partial charge < -0.3 is 10.1 Å². The van der Waals surface area contributed by atoms with Crippen molar-refractivity contribution >= 4 is 27.5 Å². The summed E-state index contributed by atoms with van der Waals surface area (Å²) < 4.78 is 69.6. The summed E-state index contributed by atoms with van der Waals surface area (Å²) in [6, 6.07) is 8.94. The standard InChI is InChI=1S/C25H26F3N3O5S/c1-23(2,3)36-22(33)31-13-15-12-18(37(5,34)35)10-11-19(15)20(31)21(32)30-17-8-6-16(7-9-17)24(4,14-29)25(26,27)28/h6-12,20H,13H2,1-5H3,(H,30,32). The van der Waals surface area contributed by atoms with Crippen LogP contribution in [0.1, 0.15) is 50.4 Å². The van der Waals surface area contributed by atoms with Crippen molar-refractivity contribution in [1.82, 2.24) is 4.90 Å². The molecule has 1 aliphatic rings. The van der Waals surface area contributed by atoms with E-state index in [1.165, 1.54) is 36.4 Å². The quantitative estimate of drug-likeness (QED) is 0.595. The van der Waals surface area contributed by atoms with Crippen LogP contribution in [0.2, 0.25) is 0 Å². The second-order valence-corrected chi connectivity index (χ2v) is 12.0. The number of rotatable bonds is 4. The van der Waals surface area contributed by atoms with E-state index in [1.807, 2.05) is 0 Å². The Morgan fingerprint density at radius 1 is 1.08 bits per heavy atom. The van der Waals surface area contributed by atoms with E-state index in [4.69, 9.17) is 10.00 Å². The smallest absolute Gasteiger partial charge is 0.411 e. The molecule has 1 N–H and O–H groups in total. The van der Waals surface area contributed by atoms with Crippen LogP contribution in [0.4, 0.5) is 23.7 Å². The highest BCUT2D eigenvalue weighted by Crippen LogP contribution is 2.41. The van der Waals surface area contributed by atoms with Crippen LogP contribution < -0.4 is 5.32 Å². The van der Waals surface area contributed by atoms with Crippen LogP contribution in [0, 0.1) is 11.3 Å². The molecule has 8 nitrogen and oxygen atoms in total. The van der Waals surface area contributed by atoms with Crippen LogP contribution >= 0.6 is 0 Å². The molecule has 2 aromatic rings. The Labute approximate surface area is 212 Å². The average molecular weight is 538 g/mol. The molecule has 0 aliphatic carbocycles. The molecule has 2 unspecified atom stereocenters. The largest absolute Gasteiger partial charge is 0.444 e. The fourth-order valence-corrected chi connectivity index (χ4v) is 4.49. The lowest BCUT2D eigenvalue weighted by Crippen LogP contribution is -2.40. The summed E-state index contributed by atoms with van der Waals surface area (Å²) in [6.45, 7) is 5.64. The highest BCUT2D eigenvalue weighted by atomic mass is 32.2. The van der Waals surface area contributed by atoms with Crippen molar-refractivity contribution in [2.45, 2.75) is 62.4 Å². The number of amides is 2. The molecule has 198 valence electrons. The zero-order chi connectivity index (χ0) is 28.0. The summed E-state index contributed by atoms with van der Waals surface area (Å²) >= 11 is 0. The molecule has 0 aromatic heterocycles. The second kappa shape index (κ2) is 9.37. The molecule has 0 bridgehead atoms. The summed E-state index contributed by atoms with van der Waals surface area (Å²) in [5.74, 6) is -0.677. The Bertz CT molecular complexity index is 1380. The van der Waals surface area contributed by atoms with Gasteiger partial charge in [0.25, 0.3) is 5.91 Å². The van der Waals surface area contributed by atoms with Gasteiger partial charge in [0.15, 0.2) is 15.3 Å². The predicted molar refractivity (Wildman–Crippen MR) is 128 cm³/mol. The topological polar surface area (TPSA) is 117 Å². The number of carbonyl (C=O) groups excluding carboxylic acids is 2. The van der Waals surface area contributed by atoms with E-state index < -0.39 is 45.1 Å². The zero-order valence-electron chi connectivity index (χ0n) is 20.8. The van der Waals surface area contributed by atoms with Crippen LogP contribution in [-0.4, -0.2) is 43.4 Å². The van der Waals surface area contributed by atoms with Gasteiger partial charge in [0.2, 0.25) is 0 Å². The average Bonchev–Trinajstić information content (AvgIpc) is 3.16. The van der Waals surface area contributed by atoms with E-state index in [0.29, 0.717) is 11.1 Å². The Balaban J connectivity index is 1.95. The minimum absolute atomic E-state index is 0.0252. The van der Waals surface area contributed by atoms with E-state index in [9.17, 15) is 31.2 Å². The van der Waals surface area contributed by atoms with E-state index in [-0.39, 0.29) is 22.7 Å². The summed E-state index contributed by atoms with van der Waals surface area (Å²) in [5, 5.41) is 11.7. The fraction of sp³-hybridized carbons (Fsp3) is 0.400. The van der Waals surface area contributed by atoms with Gasteiger partial charge >= 0.3 is 12.3 Å². The fourth-order valence-electron chi connectivity index (χ4n) is 3.82. The van der Waals surface area contributed by atoms with Crippen molar-refractivity contribution < 1.29 is 35.9 Å². The third-order valence-corrected chi connectivity index (χ3v) is 7.00. The van der Waals surface area contributed by atoms with Crippen molar-refractivity contribution in [3.8, 4) is 6.07 Å². The second-order valence-electron chi connectivity index (χ2n) is 9.94. The van der Waals surface area contributed by atoms with Gasteiger partial charge in [-0.1, -0.05) is 18.2 Å². The third kappa shape index (κ3) is 5.72. The number of ether oxygens (including phenoxy) is 1. The number of hydrogen-bond acceptors (Lipinski definition) is 6. The van der Waals surface area contributed by atoms with E-state index in [1.54, 1.807) is 20.8 Å². The Kier molecular flexibility index (Phi) is 7.09. The van der Waals surface area contributed by atoms with E-state index in [0.717, 1.165) is 30.2 Å². The zero-order valence-corrected chi connectivity index (χ0v) is 21.6. The number of benzene rings is 2. The number of nitrogens with one attached hydrogen (secondary N) is 1. The molecule has 0 saturated carbocycles. The number of sulfone groups is 1. The molecule has 1 heterocycles. The Hall–Kier alpha value is -3.59. The molecular formula is C25H26F3N3O5S. The van der Waals surface area contributed by atoms with Crippen molar-refractivity contribution in [3.05, 3.63) is 59.2 Å². The third-order valence-electron chi connectivity index (χ3n) is 5.89. The van der Waals surface area contributed by atoms with Gasteiger partial charge in [0.1, 0.15) is 11.6 Å². The number of alkyl halides is 3. The first-order chi connectivity index (χ1) is 16.9. The van der Waals surface area contributed by atoms with Gasteiger partial charge in [0.05, 0.1) is 17.5 Å². The van der Waals surface area contributed by atoms with Gasteiger partial charge in [-0.05, 0) is 68.7 Å². The van der Waals surface area contributed by atoms with Crippen LogP contribution in [0.25, 0.3) is 0 Å². The maximum Gasteiger partial charge on any atom is 0.411 e. The van der Waals surface area contributed by atoms with E-state index >= 15 is 0 Å². The first kappa shape index (κ1) is 28.0. The highest BCUT2D eigenvalue weighted by molar-refractivity contribution is 7.90. The normalized spacial score (nSPS) is 17.4. The van der Waals surface area contributed by atoms with Crippen molar-refractivity contribution in [3.63, 3.8) is 0 Å². The highest BCUT2D eigenvalue weighted by Gasteiger charge is 2.53. The minimum Gasteiger partial charge on any atom is -0.444 e. The van der Waals surface area contributed by atoms with Crippen LogP contribution in [0.3, 0.4) is 0 Å². The van der Waals surface area contributed by atoms with Gasteiger partial charge in [0, 0.05) is 11.9 Å². The molecule has 2 aromatic carbocycles. The number of nitrogens with zero attached hydrogens (tertiary/aromatic N) is 2. The molecule has 37 heavy (non-hydrogen) atoms. The van der Waals surface area contributed by atoms with Crippen molar-refractivity contribution in [2.75, 3.05) is 11.6 Å². The number of anilines is 1. The molecule has 2 amide bonds. The molecular weight excluding hydrogens is 511 g/mol. The lowest BCUT2D eigenvalue weighted by atomic mass is 9.83. The first-order valence-corrected chi connectivity index (χ1v) is 13.0. The monoisotopic (exact) mass is 537 g/mol. The molecule has 0 saturated heterocycles. The summed E-state index contributed by atoms with van der Waals surface area (Å²) in [5.41, 5.74) is -2.92. The lowest BCUT2D eigenvalue weighted by Gasteiger charge is -2.28. The van der Waals surface area contributed by atoms with E-state index in [2.05, 4.69) is 5.32 Å². The van der Waals surface area contributed by atoms with Gasteiger partial charge in [-0.15, -0.1) is 0 Å². The predicted octanol–water partition coefficient (Wildman–Crippen LogP) is 4.86. The number of halogens is 3.